The minimum atomic E-state index is -1.42. The van der Waals surface area contributed by atoms with Crippen molar-refractivity contribution in [2.75, 3.05) is 0 Å². The van der Waals surface area contributed by atoms with Crippen molar-refractivity contribution in [2.24, 2.45) is 0 Å². The summed E-state index contributed by atoms with van der Waals surface area (Å²) in [5, 5.41) is 8.95. The first-order valence-electron chi connectivity index (χ1n) is 10.5. The Kier molecular flexibility index (Phi) is 8.95. The van der Waals surface area contributed by atoms with Gasteiger partial charge in [-0.25, -0.2) is 14.4 Å². The van der Waals surface area contributed by atoms with Crippen LogP contribution in [0, 0.1) is 0 Å². The SMILES string of the molecule is C[C@H](OC(=O)c1ccccc1)C(OC(=O)c1ccccc1)[C@H](OC(=O)c1ccccc1)[C@@H](O)Br. The molecule has 3 aromatic rings. The van der Waals surface area contributed by atoms with Gasteiger partial charge in [-0.3, -0.25) is 0 Å². The van der Waals surface area contributed by atoms with Crippen molar-refractivity contribution in [1.29, 1.82) is 0 Å². The lowest BCUT2D eigenvalue weighted by Crippen LogP contribution is -2.48. The van der Waals surface area contributed by atoms with E-state index >= 15 is 0 Å². The number of carbonyl (C=O) groups excluding carboxylic acids is 3. The third-order valence-corrected chi connectivity index (χ3v) is 5.39. The van der Waals surface area contributed by atoms with Crippen LogP contribution in [0.15, 0.2) is 91.0 Å². The van der Waals surface area contributed by atoms with E-state index in [2.05, 4.69) is 15.9 Å². The standard InChI is InChI=1S/C26H23BrO7/c1-17(32-24(29)18-11-5-2-6-12-18)21(33-25(30)19-13-7-3-8-14-19)22(23(27)28)34-26(31)20-15-9-4-10-16-20/h2-17,21-23,28H,1H3/t17-,21?,22-,23+/m0/s1. The lowest BCUT2D eigenvalue weighted by Gasteiger charge is -2.31. The number of alkyl halides is 1. The minimum absolute atomic E-state index is 0.239. The fourth-order valence-electron chi connectivity index (χ4n) is 3.12. The molecule has 34 heavy (non-hydrogen) atoms. The van der Waals surface area contributed by atoms with E-state index in [0.717, 1.165) is 0 Å². The van der Waals surface area contributed by atoms with Crippen LogP contribution in [-0.4, -0.2) is 46.3 Å². The highest BCUT2D eigenvalue weighted by Crippen LogP contribution is 2.23. The molecule has 1 unspecified atom stereocenters. The van der Waals surface area contributed by atoms with Gasteiger partial charge in [-0.15, -0.1) is 0 Å². The zero-order chi connectivity index (χ0) is 24.5. The Bertz CT molecular complexity index is 1090. The lowest BCUT2D eigenvalue weighted by atomic mass is 10.1. The highest BCUT2D eigenvalue weighted by Gasteiger charge is 2.40. The number of halogens is 1. The molecule has 4 atom stereocenters. The zero-order valence-electron chi connectivity index (χ0n) is 18.2. The first-order valence-corrected chi connectivity index (χ1v) is 11.4. The summed E-state index contributed by atoms with van der Waals surface area (Å²) in [4.78, 5) is 38.1. The van der Waals surface area contributed by atoms with E-state index in [1.807, 2.05) is 0 Å². The molecule has 176 valence electrons. The molecule has 0 bridgehead atoms. The van der Waals surface area contributed by atoms with Crippen LogP contribution >= 0.6 is 15.9 Å². The van der Waals surface area contributed by atoms with Crippen molar-refractivity contribution in [3.05, 3.63) is 108 Å². The summed E-state index contributed by atoms with van der Waals surface area (Å²) in [7, 11) is 0. The number of benzene rings is 3. The molecule has 0 amide bonds. The summed E-state index contributed by atoms with van der Waals surface area (Å²) in [6.07, 6.45) is -3.80. The Hall–Kier alpha value is -3.49. The maximum Gasteiger partial charge on any atom is 0.338 e. The molecule has 1 N–H and O–H groups in total. The largest absolute Gasteiger partial charge is 0.455 e. The molecule has 0 aromatic heterocycles. The number of carbonyl (C=O) groups is 3. The van der Waals surface area contributed by atoms with Gasteiger partial charge in [0.2, 0.25) is 0 Å². The second-order valence-electron chi connectivity index (χ2n) is 7.32. The molecule has 0 heterocycles. The van der Waals surface area contributed by atoms with Crippen LogP contribution in [0.25, 0.3) is 0 Å². The van der Waals surface area contributed by atoms with Crippen LogP contribution in [-0.2, 0) is 14.2 Å². The first kappa shape index (κ1) is 25.1. The Morgan fingerprint density at radius 2 is 0.941 bits per heavy atom. The molecule has 0 aliphatic rings. The Balaban J connectivity index is 1.86. The number of ether oxygens (including phenoxy) is 3. The number of rotatable bonds is 9. The van der Waals surface area contributed by atoms with Gasteiger partial charge in [0.25, 0.3) is 0 Å². The molecule has 3 aromatic carbocycles. The average Bonchev–Trinajstić information content (AvgIpc) is 2.87. The Labute approximate surface area is 205 Å². The predicted octanol–water partition coefficient (Wildman–Crippen LogP) is 4.40. The van der Waals surface area contributed by atoms with Crippen LogP contribution < -0.4 is 0 Å². The highest BCUT2D eigenvalue weighted by molar-refractivity contribution is 9.09. The van der Waals surface area contributed by atoms with Crippen LogP contribution in [0.3, 0.4) is 0 Å². The van der Waals surface area contributed by atoms with Crippen molar-refractivity contribution in [1.82, 2.24) is 0 Å². The molecular weight excluding hydrogens is 504 g/mol. The molecule has 0 aliphatic carbocycles. The third kappa shape index (κ3) is 6.76. The van der Waals surface area contributed by atoms with Gasteiger partial charge < -0.3 is 19.3 Å². The van der Waals surface area contributed by atoms with Gasteiger partial charge in [-0.2, -0.15) is 0 Å². The molecule has 3 rings (SSSR count). The van der Waals surface area contributed by atoms with Gasteiger partial charge in [0.1, 0.15) is 11.1 Å². The monoisotopic (exact) mass is 526 g/mol. The lowest BCUT2D eigenvalue weighted by molar-refractivity contribution is -0.0995. The normalized spacial score (nSPS) is 14.2. The number of hydrogen-bond acceptors (Lipinski definition) is 7. The van der Waals surface area contributed by atoms with E-state index in [1.165, 1.54) is 6.92 Å². The van der Waals surface area contributed by atoms with Crippen LogP contribution in [0.5, 0.6) is 0 Å². The van der Waals surface area contributed by atoms with Crippen LogP contribution in [0.2, 0.25) is 0 Å². The maximum atomic E-state index is 12.8. The van der Waals surface area contributed by atoms with E-state index in [-0.39, 0.29) is 11.1 Å². The number of aliphatic hydroxyl groups is 1. The fraction of sp³-hybridized carbons (Fsp3) is 0.192. The molecule has 8 heteroatoms. The topological polar surface area (TPSA) is 99.1 Å². The van der Waals surface area contributed by atoms with Gasteiger partial charge in [0.15, 0.2) is 12.2 Å². The van der Waals surface area contributed by atoms with Crippen molar-refractivity contribution in [2.45, 2.75) is 30.2 Å². The summed E-state index contributed by atoms with van der Waals surface area (Å²) >= 11 is 3.01. The van der Waals surface area contributed by atoms with E-state index in [0.29, 0.717) is 5.56 Å². The average molecular weight is 527 g/mol. The molecule has 0 saturated heterocycles. The van der Waals surface area contributed by atoms with Gasteiger partial charge in [0, 0.05) is 0 Å². The summed E-state index contributed by atoms with van der Waals surface area (Å²) in [5.41, 5.74) is 0.772. The molecule has 0 saturated carbocycles. The number of esters is 3. The molecule has 0 aliphatic heterocycles. The second-order valence-corrected chi connectivity index (χ2v) is 8.26. The molecule has 0 radical (unpaired) electrons. The summed E-state index contributed by atoms with van der Waals surface area (Å²) in [6.45, 7) is 1.49. The highest BCUT2D eigenvalue weighted by atomic mass is 79.9. The van der Waals surface area contributed by atoms with E-state index in [4.69, 9.17) is 14.2 Å². The minimum Gasteiger partial charge on any atom is -0.455 e. The fourth-order valence-corrected chi connectivity index (χ4v) is 3.53. The third-order valence-electron chi connectivity index (χ3n) is 4.87. The Morgan fingerprint density at radius 1 is 0.618 bits per heavy atom. The number of hydrogen-bond donors (Lipinski definition) is 1. The summed E-state index contributed by atoms with van der Waals surface area (Å²) < 4.78 is 16.6. The van der Waals surface area contributed by atoms with Crippen molar-refractivity contribution in [3.8, 4) is 0 Å². The van der Waals surface area contributed by atoms with Crippen LogP contribution in [0.1, 0.15) is 38.0 Å². The molecular formula is C26H23BrO7. The van der Waals surface area contributed by atoms with Gasteiger partial charge >= 0.3 is 17.9 Å². The zero-order valence-corrected chi connectivity index (χ0v) is 19.8. The van der Waals surface area contributed by atoms with E-state index < -0.39 is 41.2 Å². The summed E-state index contributed by atoms with van der Waals surface area (Å²) in [6, 6.07) is 24.6. The quantitative estimate of drug-likeness (QED) is 0.250. The van der Waals surface area contributed by atoms with Gasteiger partial charge in [-0.1, -0.05) is 70.5 Å². The van der Waals surface area contributed by atoms with Gasteiger partial charge in [-0.05, 0) is 43.3 Å². The maximum absolute atomic E-state index is 12.8. The second kappa shape index (κ2) is 12.1. The van der Waals surface area contributed by atoms with E-state index in [9.17, 15) is 19.5 Å². The first-order chi connectivity index (χ1) is 16.4. The van der Waals surface area contributed by atoms with Crippen molar-refractivity contribution >= 4 is 33.8 Å². The van der Waals surface area contributed by atoms with Crippen LogP contribution in [0.4, 0.5) is 0 Å². The summed E-state index contributed by atoms with van der Waals surface area (Å²) in [5.74, 6) is -2.14. The van der Waals surface area contributed by atoms with Gasteiger partial charge in [0.05, 0.1) is 16.7 Å². The van der Waals surface area contributed by atoms with Crippen molar-refractivity contribution in [3.63, 3.8) is 0 Å². The smallest absolute Gasteiger partial charge is 0.338 e. The van der Waals surface area contributed by atoms with E-state index in [1.54, 1.807) is 91.0 Å². The Morgan fingerprint density at radius 3 is 1.29 bits per heavy atom. The predicted molar refractivity (Wildman–Crippen MR) is 128 cm³/mol. The molecule has 7 nitrogen and oxygen atoms in total. The molecule has 0 spiro atoms. The number of aliphatic hydroxyl groups excluding tert-OH is 1. The van der Waals surface area contributed by atoms with Crippen molar-refractivity contribution < 1.29 is 33.7 Å². The molecule has 0 fully saturated rings.